The van der Waals surface area contributed by atoms with Crippen molar-refractivity contribution in [2.24, 2.45) is 7.05 Å². The molecule has 4 rings (SSSR count). The van der Waals surface area contributed by atoms with Crippen molar-refractivity contribution in [3.05, 3.63) is 64.5 Å². The van der Waals surface area contributed by atoms with E-state index in [1.165, 1.54) is 0 Å². The van der Waals surface area contributed by atoms with Gasteiger partial charge < -0.3 is 5.32 Å². The van der Waals surface area contributed by atoms with Crippen molar-refractivity contribution in [2.75, 3.05) is 0 Å². The highest BCUT2D eigenvalue weighted by Crippen LogP contribution is 2.27. The highest BCUT2D eigenvalue weighted by molar-refractivity contribution is 5.92. The van der Waals surface area contributed by atoms with Gasteiger partial charge in [-0.1, -0.05) is 0 Å². The van der Waals surface area contributed by atoms with Crippen LogP contribution in [0.4, 0.5) is 0 Å². The normalized spacial score (nSPS) is 19.1. The maximum Gasteiger partial charge on any atom is 0.269 e. The van der Waals surface area contributed by atoms with Crippen LogP contribution in [0, 0.1) is 6.92 Å². The molecule has 0 unspecified atom stereocenters. The fourth-order valence-corrected chi connectivity index (χ4v) is 3.90. The van der Waals surface area contributed by atoms with Crippen molar-refractivity contribution in [1.82, 2.24) is 29.9 Å². The van der Waals surface area contributed by atoms with E-state index in [0.29, 0.717) is 5.69 Å². The van der Waals surface area contributed by atoms with Gasteiger partial charge in [0.1, 0.15) is 5.69 Å². The SMILES string of the molecule is Cc1cc(C(=O)NC2CCC(n3nc(-c4cccnc4)ccc3=O)CC2)n(C)n1. The molecule has 1 aliphatic carbocycles. The van der Waals surface area contributed by atoms with Crippen LogP contribution in [0.25, 0.3) is 11.3 Å². The largest absolute Gasteiger partial charge is 0.348 e. The van der Waals surface area contributed by atoms with Gasteiger partial charge in [-0.15, -0.1) is 0 Å². The molecular weight excluding hydrogens is 368 g/mol. The molecule has 29 heavy (non-hydrogen) atoms. The molecular formula is C21H24N6O2. The van der Waals surface area contributed by atoms with Crippen molar-refractivity contribution in [3.8, 4) is 11.3 Å². The first kappa shape index (κ1) is 19.0. The number of rotatable bonds is 4. The predicted octanol–water partition coefficient (Wildman–Crippen LogP) is 2.26. The van der Waals surface area contributed by atoms with Crippen LogP contribution < -0.4 is 10.9 Å². The van der Waals surface area contributed by atoms with Crippen LogP contribution in [0.15, 0.2) is 47.5 Å². The summed E-state index contributed by atoms with van der Waals surface area (Å²) in [6.45, 7) is 1.87. The lowest BCUT2D eigenvalue weighted by Gasteiger charge is -2.29. The van der Waals surface area contributed by atoms with Crippen LogP contribution in [0.1, 0.15) is 47.9 Å². The smallest absolute Gasteiger partial charge is 0.269 e. The highest BCUT2D eigenvalue weighted by atomic mass is 16.2. The topological polar surface area (TPSA) is 94.7 Å². The number of aryl methyl sites for hydroxylation is 2. The van der Waals surface area contributed by atoms with E-state index >= 15 is 0 Å². The Kier molecular flexibility index (Phi) is 5.24. The van der Waals surface area contributed by atoms with Crippen molar-refractivity contribution in [3.63, 3.8) is 0 Å². The Labute approximate surface area is 168 Å². The number of nitrogens with one attached hydrogen (secondary N) is 1. The van der Waals surface area contributed by atoms with E-state index in [1.807, 2.05) is 19.1 Å². The number of pyridine rings is 1. The van der Waals surface area contributed by atoms with Crippen molar-refractivity contribution < 1.29 is 4.79 Å². The van der Waals surface area contributed by atoms with Crippen LogP contribution in [0.5, 0.6) is 0 Å². The van der Waals surface area contributed by atoms with E-state index in [0.717, 1.165) is 42.6 Å². The van der Waals surface area contributed by atoms with Crippen molar-refractivity contribution in [2.45, 2.75) is 44.7 Å². The summed E-state index contributed by atoms with van der Waals surface area (Å²) in [6.07, 6.45) is 6.64. The number of nitrogens with zero attached hydrogens (tertiary/aromatic N) is 5. The number of aromatic nitrogens is 5. The third-order valence-electron chi connectivity index (χ3n) is 5.39. The second-order valence-corrected chi connectivity index (χ2v) is 7.52. The van der Waals surface area contributed by atoms with Crippen LogP contribution in [0.3, 0.4) is 0 Å². The number of hydrogen-bond acceptors (Lipinski definition) is 5. The van der Waals surface area contributed by atoms with Gasteiger partial charge in [-0.3, -0.25) is 19.3 Å². The van der Waals surface area contributed by atoms with E-state index in [9.17, 15) is 9.59 Å². The van der Waals surface area contributed by atoms with Gasteiger partial charge in [-0.05, 0) is 56.9 Å². The van der Waals surface area contributed by atoms with Crippen LogP contribution in [0.2, 0.25) is 0 Å². The second kappa shape index (κ2) is 7.98. The first-order chi connectivity index (χ1) is 14.0. The summed E-state index contributed by atoms with van der Waals surface area (Å²) < 4.78 is 3.19. The third kappa shape index (κ3) is 4.11. The molecule has 8 heteroatoms. The zero-order chi connectivity index (χ0) is 20.4. The molecule has 0 aromatic carbocycles. The molecule has 1 N–H and O–H groups in total. The molecule has 1 amide bonds. The minimum absolute atomic E-state index is 0.0335. The Morgan fingerprint density at radius 2 is 1.93 bits per heavy atom. The van der Waals surface area contributed by atoms with Crippen molar-refractivity contribution >= 4 is 5.91 Å². The molecule has 1 fully saturated rings. The summed E-state index contributed by atoms with van der Waals surface area (Å²) in [5.74, 6) is -0.106. The Morgan fingerprint density at radius 1 is 1.14 bits per heavy atom. The van der Waals surface area contributed by atoms with Gasteiger partial charge in [0.05, 0.1) is 17.4 Å². The number of hydrogen-bond donors (Lipinski definition) is 1. The molecule has 150 valence electrons. The average molecular weight is 392 g/mol. The third-order valence-corrected chi connectivity index (χ3v) is 5.39. The minimum atomic E-state index is -0.106. The molecule has 0 atom stereocenters. The molecule has 0 radical (unpaired) electrons. The maximum absolute atomic E-state index is 12.5. The lowest BCUT2D eigenvalue weighted by atomic mass is 9.91. The summed E-state index contributed by atoms with van der Waals surface area (Å²) in [5.41, 5.74) is 2.90. The highest BCUT2D eigenvalue weighted by Gasteiger charge is 2.26. The van der Waals surface area contributed by atoms with E-state index in [-0.39, 0.29) is 23.6 Å². The summed E-state index contributed by atoms with van der Waals surface area (Å²) in [4.78, 5) is 29.0. The first-order valence-corrected chi connectivity index (χ1v) is 9.83. The quantitative estimate of drug-likeness (QED) is 0.735. The Morgan fingerprint density at radius 3 is 2.59 bits per heavy atom. The van der Waals surface area contributed by atoms with Crippen LogP contribution >= 0.6 is 0 Å². The van der Waals surface area contributed by atoms with E-state index in [4.69, 9.17) is 0 Å². The fourth-order valence-electron chi connectivity index (χ4n) is 3.90. The summed E-state index contributed by atoms with van der Waals surface area (Å²) in [5, 5.41) is 11.9. The summed E-state index contributed by atoms with van der Waals surface area (Å²) in [6, 6.07) is 8.98. The molecule has 1 aliphatic rings. The van der Waals surface area contributed by atoms with E-state index < -0.39 is 0 Å². The summed E-state index contributed by atoms with van der Waals surface area (Å²) >= 11 is 0. The maximum atomic E-state index is 12.5. The molecule has 8 nitrogen and oxygen atoms in total. The number of carbonyl (C=O) groups is 1. The molecule has 0 spiro atoms. The lowest BCUT2D eigenvalue weighted by Crippen LogP contribution is -2.40. The molecule has 0 saturated heterocycles. The second-order valence-electron chi connectivity index (χ2n) is 7.52. The number of carbonyl (C=O) groups excluding carboxylic acids is 1. The van der Waals surface area contributed by atoms with Crippen LogP contribution in [-0.4, -0.2) is 36.5 Å². The van der Waals surface area contributed by atoms with Gasteiger partial charge in [0.2, 0.25) is 0 Å². The van der Waals surface area contributed by atoms with Gasteiger partial charge in [0, 0.05) is 37.1 Å². The minimum Gasteiger partial charge on any atom is -0.348 e. The van der Waals surface area contributed by atoms with Crippen molar-refractivity contribution in [1.29, 1.82) is 0 Å². The molecule has 0 aliphatic heterocycles. The van der Waals surface area contributed by atoms with Gasteiger partial charge in [-0.25, -0.2) is 4.68 Å². The van der Waals surface area contributed by atoms with E-state index in [2.05, 4.69) is 20.5 Å². The van der Waals surface area contributed by atoms with E-state index in [1.54, 1.807) is 47.0 Å². The van der Waals surface area contributed by atoms with Crippen LogP contribution in [-0.2, 0) is 7.05 Å². The Balaban J connectivity index is 1.43. The molecule has 3 aromatic heterocycles. The first-order valence-electron chi connectivity index (χ1n) is 9.83. The molecule has 0 bridgehead atoms. The fraction of sp³-hybridized carbons (Fsp3) is 0.381. The zero-order valence-electron chi connectivity index (χ0n) is 16.6. The molecule has 3 heterocycles. The Hall–Kier alpha value is -3.29. The summed E-state index contributed by atoms with van der Waals surface area (Å²) in [7, 11) is 1.77. The van der Waals surface area contributed by atoms with Gasteiger partial charge >= 0.3 is 0 Å². The standard InChI is InChI=1S/C21H24N6O2/c1-14-12-19(26(2)24-14)21(29)23-16-5-7-17(8-6-16)27-20(28)10-9-18(25-27)15-4-3-11-22-13-15/h3-4,9-13,16-17H,5-8H2,1-2H3,(H,23,29). The number of amides is 1. The van der Waals surface area contributed by atoms with Gasteiger partial charge in [0.15, 0.2) is 0 Å². The molecule has 1 saturated carbocycles. The van der Waals surface area contributed by atoms with Gasteiger partial charge in [0.25, 0.3) is 11.5 Å². The van der Waals surface area contributed by atoms with Gasteiger partial charge in [-0.2, -0.15) is 10.2 Å². The Bertz CT molecular complexity index is 1060. The average Bonchev–Trinajstić information content (AvgIpc) is 3.08. The predicted molar refractivity (Wildman–Crippen MR) is 108 cm³/mol. The monoisotopic (exact) mass is 392 g/mol. The molecule has 3 aromatic rings. The zero-order valence-corrected chi connectivity index (χ0v) is 16.6. The lowest BCUT2D eigenvalue weighted by molar-refractivity contribution is 0.0912.